The zero-order valence-corrected chi connectivity index (χ0v) is 17.8. The molecule has 2 aromatic rings. The summed E-state index contributed by atoms with van der Waals surface area (Å²) in [5.74, 6) is -0.375. The van der Waals surface area contributed by atoms with Gasteiger partial charge < -0.3 is 5.32 Å². The fourth-order valence-corrected chi connectivity index (χ4v) is 4.54. The monoisotopic (exact) mass is 410 g/mol. The van der Waals surface area contributed by atoms with E-state index < -0.39 is 16.8 Å². The molecule has 0 aliphatic rings. The number of thioether (sulfide) groups is 1. The highest BCUT2D eigenvalue weighted by Gasteiger charge is 2.21. The Balaban J connectivity index is 2.06. The van der Waals surface area contributed by atoms with Gasteiger partial charge in [0.05, 0.1) is 10.9 Å². The Bertz CT molecular complexity index is 867. The van der Waals surface area contributed by atoms with Gasteiger partial charge in [0.1, 0.15) is 0 Å². The van der Waals surface area contributed by atoms with E-state index in [1.165, 1.54) is 23.1 Å². The lowest BCUT2D eigenvalue weighted by molar-refractivity contribution is -0.119. The topological polar surface area (TPSA) is 76.0 Å². The molecule has 1 aromatic heterocycles. The first-order chi connectivity index (χ1) is 12.1. The molecule has 3 amide bonds. The molecule has 0 saturated carbocycles. The van der Waals surface area contributed by atoms with Crippen molar-refractivity contribution >= 4 is 47.3 Å². The molecule has 0 bridgehead atoms. The van der Waals surface area contributed by atoms with Crippen molar-refractivity contribution in [3.63, 3.8) is 0 Å². The second-order valence-electron chi connectivity index (χ2n) is 6.79. The number of hydrogen-bond donors (Lipinski definition) is 2. The molecule has 0 fully saturated rings. The lowest BCUT2D eigenvalue weighted by atomic mass is 10.1. The SMILES string of the molecule is Cc1ccccc1-n1nc(S[C@H](C)C(=O)NC(=O)NC(C)(C)C)sc1=S. The normalized spacial score (nSPS) is 12.5. The van der Waals surface area contributed by atoms with Crippen molar-refractivity contribution in [3.8, 4) is 5.69 Å². The molecule has 140 valence electrons. The van der Waals surface area contributed by atoms with E-state index in [-0.39, 0.29) is 5.91 Å². The van der Waals surface area contributed by atoms with Crippen LogP contribution in [0.5, 0.6) is 0 Å². The summed E-state index contributed by atoms with van der Waals surface area (Å²) in [5, 5.41) is 9.08. The maximum absolute atomic E-state index is 12.2. The number of amides is 3. The number of nitrogens with one attached hydrogen (secondary N) is 2. The third-order valence-corrected chi connectivity index (χ3v) is 5.66. The Kier molecular flexibility index (Phi) is 6.59. The fourth-order valence-electron chi connectivity index (χ4n) is 2.05. The number of aryl methyl sites for hydroxylation is 1. The van der Waals surface area contributed by atoms with Gasteiger partial charge in [-0.1, -0.05) is 41.3 Å². The van der Waals surface area contributed by atoms with E-state index in [0.717, 1.165) is 11.3 Å². The van der Waals surface area contributed by atoms with Crippen LogP contribution in [0.4, 0.5) is 4.79 Å². The minimum atomic E-state index is -0.506. The molecule has 26 heavy (non-hydrogen) atoms. The van der Waals surface area contributed by atoms with E-state index in [2.05, 4.69) is 15.7 Å². The summed E-state index contributed by atoms with van der Waals surface area (Å²) < 4.78 is 2.99. The van der Waals surface area contributed by atoms with Crippen LogP contribution in [0.25, 0.3) is 5.69 Å². The first kappa shape index (κ1) is 20.6. The van der Waals surface area contributed by atoms with E-state index in [1.807, 2.05) is 52.0 Å². The van der Waals surface area contributed by atoms with Crippen molar-refractivity contribution in [1.82, 2.24) is 20.4 Å². The van der Waals surface area contributed by atoms with Crippen LogP contribution in [-0.4, -0.2) is 32.5 Å². The van der Waals surface area contributed by atoms with Gasteiger partial charge >= 0.3 is 6.03 Å². The maximum atomic E-state index is 12.2. The van der Waals surface area contributed by atoms with Gasteiger partial charge in [-0.05, 0) is 58.5 Å². The summed E-state index contributed by atoms with van der Waals surface area (Å²) in [7, 11) is 0. The van der Waals surface area contributed by atoms with Gasteiger partial charge in [-0.15, -0.1) is 5.10 Å². The first-order valence-electron chi connectivity index (χ1n) is 8.02. The molecule has 2 rings (SSSR count). The number of imide groups is 1. The first-order valence-corrected chi connectivity index (χ1v) is 10.1. The van der Waals surface area contributed by atoms with Crippen molar-refractivity contribution < 1.29 is 9.59 Å². The Morgan fingerprint density at radius 3 is 2.58 bits per heavy atom. The number of urea groups is 1. The summed E-state index contributed by atoms with van der Waals surface area (Å²) in [5.41, 5.74) is 1.57. The quantitative estimate of drug-likeness (QED) is 0.587. The highest BCUT2D eigenvalue weighted by molar-refractivity contribution is 8.02. The molecule has 9 heteroatoms. The molecule has 0 aliphatic carbocycles. The minimum Gasteiger partial charge on any atom is -0.333 e. The molecule has 0 radical (unpaired) electrons. The number of benzene rings is 1. The van der Waals surface area contributed by atoms with Gasteiger partial charge in [-0.2, -0.15) is 0 Å². The van der Waals surface area contributed by atoms with Crippen molar-refractivity contribution in [1.29, 1.82) is 0 Å². The number of carbonyl (C=O) groups is 2. The third-order valence-electron chi connectivity index (χ3n) is 3.24. The van der Waals surface area contributed by atoms with Crippen molar-refractivity contribution in [2.45, 2.75) is 49.7 Å². The number of carbonyl (C=O) groups excluding carboxylic acids is 2. The molecular weight excluding hydrogens is 388 g/mol. The molecule has 1 atom stereocenters. The summed E-state index contributed by atoms with van der Waals surface area (Å²) in [4.78, 5) is 24.0. The number of hydrogen-bond acceptors (Lipinski definition) is 6. The highest BCUT2D eigenvalue weighted by Crippen LogP contribution is 2.28. The zero-order chi connectivity index (χ0) is 19.5. The van der Waals surface area contributed by atoms with Crippen LogP contribution < -0.4 is 10.6 Å². The van der Waals surface area contributed by atoms with E-state index in [4.69, 9.17) is 12.2 Å². The second kappa shape index (κ2) is 8.32. The molecule has 0 saturated heterocycles. The van der Waals surface area contributed by atoms with E-state index in [9.17, 15) is 9.59 Å². The molecular formula is C17H22N4O2S3. The van der Waals surface area contributed by atoms with Crippen LogP contribution >= 0.6 is 35.3 Å². The lowest BCUT2D eigenvalue weighted by Crippen LogP contribution is -2.49. The van der Waals surface area contributed by atoms with Crippen LogP contribution in [0.2, 0.25) is 0 Å². The fraction of sp³-hybridized carbons (Fsp3) is 0.412. The van der Waals surface area contributed by atoms with E-state index in [1.54, 1.807) is 11.6 Å². The Morgan fingerprint density at radius 2 is 1.96 bits per heavy atom. The maximum Gasteiger partial charge on any atom is 0.321 e. The van der Waals surface area contributed by atoms with Crippen molar-refractivity contribution in [2.24, 2.45) is 0 Å². The molecule has 0 aliphatic heterocycles. The van der Waals surface area contributed by atoms with Gasteiger partial charge in [0, 0.05) is 5.54 Å². The molecule has 1 aromatic carbocycles. The lowest BCUT2D eigenvalue weighted by Gasteiger charge is -2.20. The average molecular weight is 411 g/mol. The molecule has 2 N–H and O–H groups in total. The van der Waals surface area contributed by atoms with Crippen LogP contribution in [0.3, 0.4) is 0 Å². The predicted molar refractivity (Wildman–Crippen MR) is 109 cm³/mol. The predicted octanol–water partition coefficient (Wildman–Crippen LogP) is 4.08. The van der Waals surface area contributed by atoms with Crippen LogP contribution in [0.1, 0.15) is 33.3 Å². The minimum absolute atomic E-state index is 0.375. The second-order valence-corrected chi connectivity index (χ2v) is 10.00. The molecule has 6 nitrogen and oxygen atoms in total. The number of nitrogens with zero attached hydrogens (tertiary/aromatic N) is 2. The number of rotatable bonds is 4. The van der Waals surface area contributed by atoms with Crippen molar-refractivity contribution in [3.05, 3.63) is 33.8 Å². The van der Waals surface area contributed by atoms with Gasteiger partial charge in [0.2, 0.25) is 5.91 Å². The van der Waals surface area contributed by atoms with Gasteiger partial charge in [-0.3, -0.25) is 10.1 Å². The van der Waals surface area contributed by atoms with Crippen molar-refractivity contribution in [2.75, 3.05) is 0 Å². The zero-order valence-electron chi connectivity index (χ0n) is 15.3. The van der Waals surface area contributed by atoms with Gasteiger partial charge in [0.15, 0.2) is 8.29 Å². The summed E-state index contributed by atoms with van der Waals surface area (Å²) in [6.07, 6.45) is 0. The Hall–Kier alpha value is -1.71. The standard InChI is InChI=1S/C17H22N4O2S3/c1-10-8-6-7-9-12(10)21-16(24)26-15(20-21)25-11(2)13(22)18-14(23)19-17(3,4)5/h6-9,11H,1-5H3,(H2,18,19,22,23)/t11-/m1/s1. The third kappa shape index (κ3) is 5.65. The summed E-state index contributed by atoms with van der Waals surface area (Å²) >= 11 is 8.02. The van der Waals surface area contributed by atoms with Crippen LogP contribution in [0.15, 0.2) is 28.6 Å². The molecule has 0 spiro atoms. The van der Waals surface area contributed by atoms with Crippen LogP contribution in [0, 0.1) is 10.9 Å². The smallest absolute Gasteiger partial charge is 0.321 e. The molecule has 1 heterocycles. The molecule has 0 unspecified atom stereocenters. The Labute approximate surface area is 166 Å². The number of aromatic nitrogens is 2. The highest BCUT2D eigenvalue weighted by atomic mass is 32.2. The van der Waals surface area contributed by atoms with E-state index in [0.29, 0.717) is 8.29 Å². The Morgan fingerprint density at radius 1 is 1.31 bits per heavy atom. The number of para-hydroxylation sites is 1. The van der Waals surface area contributed by atoms with Crippen LogP contribution in [-0.2, 0) is 4.79 Å². The largest absolute Gasteiger partial charge is 0.333 e. The van der Waals surface area contributed by atoms with E-state index >= 15 is 0 Å². The summed E-state index contributed by atoms with van der Waals surface area (Å²) in [6.45, 7) is 9.26. The van der Waals surface area contributed by atoms with Gasteiger partial charge in [0.25, 0.3) is 0 Å². The van der Waals surface area contributed by atoms with Gasteiger partial charge in [-0.25, -0.2) is 9.48 Å². The summed E-state index contributed by atoms with van der Waals surface area (Å²) in [6, 6.07) is 7.33. The average Bonchev–Trinajstić information content (AvgIpc) is 2.86.